The zero-order valence-electron chi connectivity index (χ0n) is 16.0. The quantitative estimate of drug-likeness (QED) is 0.610. The summed E-state index contributed by atoms with van der Waals surface area (Å²) in [5.41, 5.74) is 8.90. The molecule has 9 heteroatoms. The molecule has 4 rings (SSSR count). The molecule has 1 fully saturated rings. The third kappa shape index (κ3) is 4.08. The van der Waals surface area contributed by atoms with E-state index in [1.54, 1.807) is 11.0 Å². The van der Waals surface area contributed by atoms with E-state index in [0.717, 1.165) is 36.1 Å². The number of rotatable bonds is 4. The third-order valence-electron chi connectivity index (χ3n) is 5.54. The molecule has 0 aliphatic carbocycles. The molecule has 1 atom stereocenters. The average Bonchev–Trinajstić information content (AvgIpc) is 3.23. The second kappa shape index (κ2) is 7.94. The maximum Gasteiger partial charge on any atom is 0.317 e. The van der Waals surface area contributed by atoms with Crippen molar-refractivity contribution in [2.45, 2.75) is 31.7 Å². The van der Waals surface area contributed by atoms with Crippen molar-refractivity contribution in [3.8, 4) is 0 Å². The number of likely N-dealkylation sites (tertiary alicyclic amines) is 1. The Labute approximate surface area is 168 Å². The molecule has 2 aromatic rings. The van der Waals surface area contributed by atoms with Crippen LogP contribution in [0, 0.1) is 0 Å². The fourth-order valence-electron chi connectivity index (χ4n) is 3.95. The molecule has 0 radical (unpaired) electrons. The first-order valence-electron chi connectivity index (χ1n) is 9.79. The minimum atomic E-state index is -0.573. The summed E-state index contributed by atoms with van der Waals surface area (Å²) in [6.07, 6.45) is 2.60. The number of fused-ring (bicyclic) bond motifs is 1. The summed E-state index contributed by atoms with van der Waals surface area (Å²) in [5.74, 6) is -0.549. The standard InChI is InChI=1S/C20H24N6O3/c21-18(27)17-9-16(24-25-17)14-2-1-7-26(11-14)20(29)23-10-12-3-4-13-5-6-22-19(28)15(13)8-12/h3-4,8-9,14H,1-2,5-7,10-11H2,(H2,21,27)(H,22,28)(H,23,29)(H,24,25). The van der Waals surface area contributed by atoms with Gasteiger partial charge < -0.3 is 21.3 Å². The minimum Gasteiger partial charge on any atom is -0.364 e. The maximum atomic E-state index is 12.7. The van der Waals surface area contributed by atoms with Crippen molar-refractivity contribution in [2.75, 3.05) is 19.6 Å². The molecule has 4 amide bonds. The number of primary amides is 1. The number of urea groups is 1. The van der Waals surface area contributed by atoms with E-state index < -0.39 is 5.91 Å². The monoisotopic (exact) mass is 396 g/mol. The lowest BCUT2D eigenvalue weighted by Gasteiger charge is -2.32. The highest BCUT2D eigenvalue weighted by molar-refractivity contribution is 5.96. The fourth-order valence-corrected chi connectivity index (χ4v) is 3.95. The number of nitrogens with zero attached hydrogens (tertiary/aromatic N) is 2. The molecule has 29 heavy (non-hydrogen) atoms. The van der Waals surface area contributed by atoms with E-state index >= 15 is 0 Å². The van der Waals surface area contributed by atoms with Gasteiger partial charge in [-0.25, -0.2) is 4.79 Å². The van der Waals surface area contributed by atoms with Crippen LogP contribution in [0.15, 0.2) is 24.3 Å². The predicted molar refractivity (Wildman–Crippen MR) is 105 cm³/mol. The van der Waals surface area contributed by atoms with Crippen molar-refractivity contribution in [3.63, 3.8) is 0 Å². The molecule has 0 saturated carbocycles. The number of hydrogen-bond donors (Lipinski definition) is 4. The van der Waals surface area contributed by atoms with Crippen LogP contribution in [-0.2, 0) is 13.0 Å². The summed E-state index contributed by atoms with van der Waals surface area (Å²) in [6.45, 7) is 2.23. The van der Waals surface area contributed by atoms with E-state index in [4.69, 9.17) is 5.73 Å². The van der Waals surface area contributed by atoms with Gasteiger partial charge in [0.15, 0.2) is 0 Å². The Morgan fingerprint density at radius 2 is 2.17 bits per heavy atom. The largest absolute Gasteiger partial charge is 0.364 e. The number of carbonyl (C=O) groups excluding carboxylic acids is 3. The summed E-state index contributed by atoms with van der Waals surface area (Å²) < 4.78 is 0. The van der Waals surface area contributed by atoms with Crippen molar-refractivity contribution in [3.05, 3.63) is 52.3 Å². The first-order valence-corrected chi connectivity index (χ1v) is 9.79. The van der Waals surface area contributed by atoms with E-state index in [9.17, 15) is 14.4 Å². The molecule has 152 valence electrons. The van der Waals surface area contributed by atoms with Gasteiger partial charge in [-0.1, -0.05) is 12.1 Å². The van der Waals surface area contributed by atoms with E-state index in [1.165, 1.54) is 0 Å². The van der Waals surface area contributed by atoms with Crippen molar-refractivity contribution in [1.29, 1.82) is 0 Å². The van der Waals surface area contributed by atoms with Crippen LogP contribution in [0.5, 0.6) is 0 Å². The van der Waals surface area contributed by atoms with Crippen LogP contribution >= 0.6 is 0 Å². The highest BCUT2D eigenvalue weighted by atomic mass is 16.2. The van der Waals surface area contributed by atoms with Crippen LogP contribution in [0.25, 0.3) is 0 Å². The van der Waals surface area contributed by atoms with Crippen LogP contribution in [0.3, 0.4) is 0 Å². The Bertz CT molecular complexity index is 953. The lowest BCUT2D eigenvalue weighted by Crippen LogP contribution is -2.44. The average molecular weight is 396 g/mol. The Morgan fingerprint density at radius 1 is 1.31 bits per heavy atom. The van der Waals surface area contributed by atoms with Gasteiger partial charge in [-0.2, -0.15) is 5.10 Å². The first kappa shape index (κ1) is 19.0. The van der Waals surface area contributed by atoms with Gasteiger partial charge >= 0.3 is 6.03 Å². The third-order valence-corrected chi connectivity index (χ3v) is 5.54. The molecule has 1 aromatic carbocycles. The number of hydrogen-bond acceptors (Lipinski definition) is 4. The predicted octanol–water partition coefficient (Wildman–Crippen LogP) is 0.884. The highest BCUT2D eigenvalue weighted by Gasteiger charge is 2.26. The zero-order valence-corrected chi connectivity index (χ0v) is 16.0. The molecule has 1 unspecified atom stereocenters. The van der Waals surface area contributed by atoms with Gasteiger partial charge in [0, 0.05) is 43.4 Å². The number of amides is 4. The molecule has 5 N–H and O–H groups in total. The van der Waals surface area contributed by atoms with E-state index in [0.29, 0.717) is 31.7 Å². The summed E-state index contributed by atoms with van der Waals surface area (Å²) in [6, 6.07) is 7.27. The number of H-pyrrole nitrogens is 1. The summed E-state index contributed by atoms with van der Waals surface area (Å²) in [4.78, 5) is 37.7. The lowest BCUT2D eigenvalue weighted by atomic mass is 9.95. The topological polar surface area (TPSA) is 133 Å². The van der Waals surface area contributed by atoms with Crippen LogP contribution in [-0.4, -0.2) is 52.6 Å². The van der Waals surface area contributed by atoms with Crippen LogP contribution < -0.4 is 16.4 Å². The Morgan fingerprint density at radius 3 is 2.97 bits per heavy atom. The van der Waals surface area contributed by atoms with Crippen LogP contribution in [0.4, 0.5) is 4.79 Å². The van der Waals surface area contributed by atoms with E-state index in [1.807, 2.05) is 18.2 Å². The molecule has 0 spiro atoms. The molecule has 2 aliphatic rings. The van der Waals surface area contributed by atoms with Crippen LogP contribution in [0.1, 0.15) is 56.4 Å². The number of nitrogens with one attached hydrogen (secondary N) is 3. The van der Waals surface area contributed by atoms with Crippen molar-refractivity contribution in [1.82, 2.24) is 25.7 Å². The van der Waals surface area contributed by atoms with Crippen molar-refractivity contribution in [2.24, 2.45) is 5.73 Å². The number of aromatic nitrogens is 2. The SMILES string of the molecule is NC(=O)c1cc(C2CCCN(C(=O)NCc3ccc4c(c3)C(=O)NCC4)C2)[nH]n1. The number of carbonyl (C=O) groups is 3. The smallest absolute Gasteiger partial charge is 0.317 e. The first-order chi connectivity index (χ1) is 14.0. The molecule has 0 bridgehead atoms. The molecule has 3 heterocycles. The van der Waals surface area contributed by atoms with Crippen molar-refractivity contribution >= 4 is 17.8 Å². The second-order valence-electron chi connectivity index (χ2n) is 7.51. The second-order valence-corrected chi connectivity index (χ2v) is 7.51. The lowest BCUT2D eigenvalue weighted by molar-refractivity contribution is 0.0944. The highest BCUT2D eigenvalue weighted by Crippen LogP contribution is 2.26. The molecular formula is C20H24N6O3. The Hall–Kier alpha value is -3.36. The van der Waals surface area contributed by atoms with Gasteiger partial charge in [-0.05, 0) is 42.5 Å². The summed E-state index contributed by atoms with van der Waals surface area (Å²) >= 11 is 0. The summed E-state index contributed by atoms with van der Waals surface area (Å²) in [5, 5.41) is 12.6. The Kier molecular flexibility index (Phi) is 5.20. The minimum absolute atomic E-state index is 0.0619. The van der Waals surface area contributed by atoms with Gasteiger partial charge in [0.05, 0.1) is 0 Å². The van der Waals surface area contributed by atoms with E-state index in [-0.39, 0.29) is 23.6 Å². The molecular weight excluding hydrogens is 372 g/mol. The number of piperidine rings is 1. The van der Waals surface area contributed by atoms with Gasteiger partial charge in [0.2, 0.25) is 0 Å². The number of aromatic amines is 1. The van der Waals surface area contributed by atoms with Crippen LogP contribution in [0.2, 0.25) is 0 Å². The molecule has 9 nitrogen and oxygen atoms in total. The number of benzene rings is 1. The summed E-state index contributed by atoms with van der Waals surface area (Å²) in [7, 11) is 0. The van der Waals surface area contributed by atoms with Gasteiger partial charge in [-0.3, -0.25) is 14.7 Å². The number of nitrogens with two attached hydrogens (primary N) is 1. The zero-order chi connectivity index (χ0) is 20.4. The van der Waals surface area contributed by atoms with Crippen molar-refractivity contribution < 1.29 is 14.4 Å². The fraction of sp³-hybridized carbons (Fsp3) is 0.400. The normalized spacial score (nSPS) is 18.7. The molecule has 1 saturated heterocycles. The maximum absolute atomic E-state index is 12.7. The Balaban J connectivity index is 1.36. The molecule has 1 aromatic heterocycles. The van der Waals surface area contributed by atoms with Gasteiger partial charge in [0.25, 0.3) is 11.8 Å². The van der Waals surface area contributed by atoms with Gasteiger partial charge in [-0.15, -0.1) is 0 Å². The van der Waals surface area contributed by atoms with Gasteiger partial charge in [0.1, 0.15) is 5.69 Å². The molecule has 2 aliphatic heterocycles. The van der Waals surface area contributed by atoms with E-state index in [2.05, 4.69) is 20.8 Å².